The second-order valence-corrected chi connectivity index (χ2v) is 5.78. The Balaban J connectivity index is 1.77. The zero-order chi connectivity index (χ0) is 14.1. The van der Waals surface area contributed by atoms with Crippen molar-refractivity contribution in [2.45, 2.75) is 19.0 Å². The van der Waals surface area contributed by atoms with E-state index in [-0.39, 0.29) is 11.8 Å². The lowest BCUT2D eigenvalue weighted by atomic mass is 9.98. The third-order valence-electron chi connectivity index (χ3n) is 3.58. The molecule has 0 aromatic heterocycles. The van der Waals surface area contributed by atoms with Gasteiger partial charge in [-0.1, -0.05) is 29.3 Å². The zero-order valence-electron chi connectivity index (χ0n) is 10.7. The van der Waals surface area contributed by atoms with Gasteiger partial charge in [0.2, 0.25) is 0 Å². The van der Waals surface area contributed by atoms with Crippen LogP contribution in [0.5, 0.6) is 0 Å². The van der Waals surface area contributed by atoms with E-state index in [0.717, 1.165) is 17.1 Å². The third kappa shape index (κ3) is 2.73. The van der Waals surface area contributed by atoms with Crippen LogP contribution in [0.25, 0.3) is 0 Å². The van der Waals surface area contributed by atoms with Gasteiger partial charge >= 0.3 is 0 Å². The van der Waals surface area contributed by atoms with Crippen LogP contribution in [0.2, 0.25) is 10.0 Å². The molecule has 2 aromatic rings. The molecule has 0 spiro atoms. The Kier molecular flexibility index (Phi) is 3.79. The highest BCUT2D eigenvalue weighted by atomic mass is 35.5. The summed E-state index contributed by atoms with van der Waals surface area (Å²) in [4.78, 5) is 12.3. The number of nitrogens with one attached hydrogen (secondary N) is 1. The molecule has 102 valence electrons. The maximum absolute atomic E-state index is 12.3. The first-order valence-electron chi connectivity index (χ1n) is 6.44. The molecule has 3 rings (SSSR count). The third-order valence-corrected chi connectivity index (χ3v) is 4.06. The SMILES string of the molecule is O=C(CC1NCc2cc(Cl)ccc21)c1ccc(Cl)cc1. The minimum atomic E-state index is 0.0606. The van der Waals surface area contributed by atoms with Gasteiger partial charge in [-0.15, -0.1) is 0 Å². The molecule has 1 aliphatic heterocycles. The van der Waals surface area contributed by atoms with Gasteiger partial charge in [-0.3, -0.25) is 4.79 Å². The molecule has 0 aliphatic carbocycles. The van der Waals surface area contributed by atoms with Gasteiger partial charge in [-0.2, -0.15) is 0 Å². The predicted octanol–water partition coefficient (Wildman–Crippen LogP) is 4.41. The summed E-state index contributed by atoms with van der Waals surface area (Å²) in [7, 11) is 0. The molecule has 1 N–H and O–H groups in total. The topological polar surface area (TPSA) is 29.1 Å². The van der Waals surface area contributed by atoms with Gasteiger partial charge in [0, 0.05) is 34.6 Å². The van der Waals surface area contributed by atoms with E-state index in [1.54, 1.807) is 24.3 Å². The Morgan fingerprint density at radius 1 is 1.10 bits per heavy atom. The first-order chi connectivity index (χ1) is 9.63. The van der Waals surface area contributed by atoms with E-state index in [1.807, 2.05) is 18.2 Å². The van der Waals surface area contributed by atoms with Crippen LogP contribution in [0.4, 0.5) is 0 Å². The summed E-state index contributed by atoms with van der Waals surface area (Å²) < 4.78 is 0. The number of rotatable bonds is 3. The molecule has 0 amide bonds. The first kappa shape index (κ1) is 13.6. The van der Waals surface area contributed by atoms with E-state index in [0.29, 0.717) is 17.0 Å². The van der Waals surface area contributed by atoms with Crippen molar-refractivity contribution >= 4 is 29.0 Å². The summed E-state index contributed by atoms with van der Waals surface area (Å²) in [5.74, 6) is 0.113. The van der Waals surface area contributed by atoms with Gasteiger partial charge < -0.3 is 5.32 Å². The number of benzene rings is 2. The average molecular weight is 306 g/mol. The number of carbonyl (C=O) groups excluding carboxylic acids is 1. The standard InChI is InChI=1S/C16H13Cl2NO/c17-12-3-1-10(2-4-12)16(20)8-15-14-6-5-13(18)7-11(14)9-19-15/h1-7,15,19H,8-9H2. The summed E-state index contributed by atoms with van der Waals surface area (Å²) in [6, 6.07) is 12.9. The van der Waals surface area contributed by atoms with E-state index in [9.17, 15) is 4.79 Å². The second-order valence-electron chi connectivity index (χ2n) is 4.91. The minimum Gasteiger partial charge on any atom is -0.305 e. The molecule has 0 saturated heterocycles. The lowest BCUT2D eigenvalue weighted by Crippen LogP contribution is -2.16. The van der Waals surface area contributed by atoms with Crippen LogP contribution in [0.15, 0.2) is 42.5 Å². The lowest BCUT2D eigenvalue weighted by molar-refractivity contribution is 0.0970. The first-order valence-corrected chi connectivity index (χ1v) is 7.19. The van der Waals surface area contributed by atoms with Crippen molar-refractivity contribution in [3.05, 3.63) is 69.2 Å². The second kappa shape index (κ2) is 5.57. The average Bonchev–Trinajstić information content (AvgIpc) is 2.81. The zero-order valence-corrected chi connectivity index (χ0v) is 12.2. The van der Waals surface area contributed by atoms with E-state index < -0.39 is 0 Å². The number of fused-ring (bicyclic) bond motifs is 1. The van der Waals surface area contributed by atoms with Crippen molar-refractivity contribution in [2.24, 2.45) is 0 Å². The summed E-state index contributed by atoms with van der Waals surface area (Å²) in [6.07, 6.45) is 0.441. The number of hydrogen-bond donors (Lipinski definition) is 1. The van der Waals surface area contributed by atoms with E-state index in [2.05, 4.69) is 5.32 Å². The van der Waals surface area contributed by atoms with Crippen LogP contribution < -0.4 is 5.32 Å². The highest BCUT2D eigenvalue weighted by Crippen LogP contribution is 2.30. The Morgan fingerprint density at radius 2 is 1.80 bits per heavy atom. The number of Topliss-reactive ketones (excluding diaryl/α,β-unsaturated/α-hetero) is 1. The fourth-order valence-electron chi connectivity index (χ4n) is 2.53. The van der Waals surface area contributed by atoms with Crippen molar-refractivity contribution in [1.82, 2.24) is 5.32 Å². The molecule has 0 fully saturated rings. The van der Waals surface area contributed by atoms with Gasteiger partial charge in [0.1, 0.15) is 0 Å². The van der Waals surface area contributed by atoms with E-state index >= 15 is 0 Å². The van der Waals surface area contributed by atoms with Crippen molar-refractivity contribution in [2.75, 3.05) is 0 Å². The molecular weight excluding hydrogens is 293 g/mol. The molecule has 0 bridgehead atoms. The smallest absolute Gasteiger partial charge is 0.164 e. The molecule has 0 radical (unpaired) electrons. The van der Waals surface area contributed by atoms with Crippen molar-refractivity contribution in [3.63, 3.8) is 0 Å². The van der Waals surface area contributed by atoms with Crippen LogP contribution in [-0.2, 0) is 6.54 Å². The summed E-state index contributed by atoms with van der Waals surface area (Å²) in [5.41, 5.74) is 3.03. The Morgan fingerprint density at radius 3 is 2.55 bits per heavy atom. The van der Waals surface area contributed by atoms with Gasteiger partial charge in [0.15, 0.2) is 5.78 Å². The van der Waals surface area contributed by atoms with Gasteiger partial charge in [-0.25, -0.2) is 0 Å². The van der Waals surface area contributed by atoms with Crippen molar-refractivity contribution < 1.29 is 4.79 Å². The molecule has 1 aliphatic rings. The van der Waals surface area contributed by atoms with Crippen LogP contribution >= 0.6 is 23.2 Å². The molecule has 1 atom stereocenters. The molecule has 2 nitrogen and oxygen atoms in total. The number of carbonyl (C=O) groups is 1. The fraction of sp³-hybridized carbons (Fsp3) is 0.188. The molecule has 2 aromatic carbocycles. The lowest BCUT2D eigenvalue weighted by Gasteiger charge is -2.11. The highest BCUT2D eigenvalue weighted by Gasteiger charge is 2.24. The van der Waals surface area contributed by atoms with E-state index in [4.69, 9.17) is 23.2 Å². The molecule has 1 heterocycles. The maximum Gasteiger partial charge on any atom is 0.164 e. The van der Waals surface area contributed by atoms with Gasteiger partial charge in [-0.05, 0) is 47.5 Å². The van der Waals surface area contributed by atoms with Crippen LogP contribution in [0.1, 0.15) is 33.9 Å². The van der Waals surface area contributed by atoms with Crippen molar-refractivity contribution in [1.29, 1.82) is 0 Å². The number of ketones is 1. The van der Waals surface area contributed by atoms with Crippen LogP contribution in [0, 0.1) is 0 Å². The van der Waals surface area contributed by atoms with Gasteiger partial charge in [0.25, 0.3) is 0 Å². The monoisotopic (exact) mass is 305 g/mol. The molecule has 20 heavy (non-hydrogen) atoms. The summed E-state index contributed by atoms with van der Waals surface area (Å²) >= 11 is 11.8. The normalized spacial score (nSPS) is 17.0. The summed E-state index contributed by atoms with van der Waals surface area (Å²) in [5, 5.41) is 4.73. The molecular formula is C16H13Cl2NO. The van der Waals surface area contributed by atoms with Crippen LogP contribution in [0.3, 0.4) is 0 Å². The van der Waals surface area contributed by atoms with Crippen LogP contribution in [-0.4, -0.2) is 5.78 Å². The Hall–Kier alpha value is -1.35. The number of halogens is 2. The molecule has 1 unspecified atom stereocenters. The van der Waals surface area contributed by atoms with Gasteiger partial charge in [0.05, 0.1) is 0 Å². The van der Waals surface area contributed by atoms with Crippen molar-refractivity contribution in [3.8, 4) is 0 Å². The fourth-order valence-corrected chi connectivity index (χ4v) is 2.85. The quantitative estimate of drug-likeness (QED) is 0.851. The number of hydrogen-bond acceptors (Lipinski definition) is 2. The Bertz CT molecular complexity index is 652. The molecule has 0 saturated carbocycles. The maximum atomic E-state index is 12.3. The predicted molar refractivity (Wildman–Crippen MR) is 81.4 cm³/mol. The van der Waals surface area contributed by atoms with E-state index in [1.165, 1.54) is 5.56 Å². The largest absolute Gasteiger partial charge is 0.305 e. The summed E-state index contributed by atoms with van der Waals surface area (Å²) in [6.45, 7) is 0.758. The molecule has 4 heteroatoms. The highest BCUT2D eigenvalue weighted by molar-refractivity contribution is 6.31. The minimum absolute atomic E-state index is 0.0606. The Labute approximate surface area is 127 Å².